The van der Waals surface area contributed by atoms with Gasteiger partial charge >= 0.3 is 5.97 Å². The predicted octanol–water partition coefficient (Wildman–Crippen LogP) is 2.05. The van der Waals surface area contributed by atoms with Gasteiger partial charge in [-0.3, -0.25) is 4.79 Å². The zero-order chi connectivity index (χ0) is 15.1. The first-order chi connectivity index (χ1) is 9.45. The molecule has 1 rings (SSSR count). The Morgan fingerprint density at radius 2 is 1.90 bits per heavy atom. The summed E-state index contributed by atoms with van der Waals surface area (Å²) in [5.41, 5.74) is 2.03. The summed E-state index contributed by atoms with van der Waals surface area (Å²) in [7, 11) is 0. The van der Waals surface area contributed by atoms with E-state index in [9.17, 15) is 9.59 Å². The van der Waals surface area contributed by atoms with E-state index in [1.807, 2.05) is 32.0 Å². The summed E-state index contributed by atoms with van der Waals surface area (Å²) >= 11 is 0. The Morgan fingerprint density at radius 3 is 2.40 bits per heavy atom. The highest BCUT2D eigenvalue weighted by atomic mass is 16.5. The number of carbonyl (C=O) groups excluding carboxylic acids is 1. The smallest absolute Gasteiger partial charge is 0.326 e. The monoisotopic (exact) mass is 279 g/mol. The quantitative estimate of drug-likeness (QED) is 0.801. The van der Waals surface area contributed by atoms with E-state index in [1.165, 1.54) is 0 Å². The molecule has 5 heteroatoms. The molecule has 1 amide bonds. The first-order valence-corrected chi connectivity index (χ1v) is 6.66. The van der Waals surface area contributed by atoms with Crippen LogP contribution in [0.25, 0.3) is 0 Å². The zero-order valence-electron chi connectivity index (χ0n) is 12.1. The lowest BCUT2D eigenvalue weighted by Gasteiger charge is -2.14. The second-order valence-electron chi connectivity index (χ2n) is 4.69. The van der Waals surface area contributed by atoms with Crippen LogP contribution in [0, 0.1) is 13.8 Å². The maximum atomic E-state index is 11.6. The van der Waals surface area contributed by atoms with Gasteiger partial charge in [0.15, 0.2) is 0 Å². The van der Waals surface area contributed by atoms with Crippen molar-refractivity contribution in [2.24, 2.45) is 0 Å². The van der Waals surface area contributed by atoms with Crippen molar-refractivity contribution < 1.29 is 19.4 Å². The molecule has 1 atom stereocenters. The summed E-state index contributed by atoms with van der Waals surface area (Å²) in [6.45, 7) is 5.83. The van der Waals surface area contributed by atoms with Crippen LogP contribution in [-0.4, -0.2) is 29.6 Å². The largest absolute Gasteiger partial charge is 0.493 e. The molecule has 0 aliphatic carbocycles. The van der Waals surface area contributed by atoms with Crippen LogP contribution < -0.4 is 10.1 Å². The van der Waals surface area contributed by atoms with E-state index in [1.54, 1.807) is 6.92 Å². The molecular weight excluding hydrogens is 258 g/mol. The SMILES string of the molecule is CC[C@@H](NC(=O)CCOc1c(C)cccc1C)C(=O)O. The van der Waals surface area contributed by atoms with Crippen molar-refractivity contribution in [1.82, 2.24) is 5.32 Å². The Hall–Kier alpha value is -2.04. The van der Waals surface area contributed by atoms with Gasteiger partial charge in [0.1, 0.15) is 11.8 Å². The molecule has 0 aliphatic heterocycles. The van der Waals surface area contributed by atoms with Crippen molar-refractivity contribution in [2.75, 3.05) is 6.61 Å². The van der Waals surface area contributed by atoms with Crippen molar-refractivity contribution in [3.8, 4) is 5.75 Å². The highest BCUT2D eigenvalue weighted by molar-refractivity contribution is 5.83. The molecule has 1 aromatic rings. The van der Waals surface area contributed by atoms with Crippen LogP contribution in [0.15, 0.2) is 18.2 Å². The van der Waals surface area contributed by atoms with Gasteiger partial charge < -0.3 is 15.2 Å². The number of carbonyl (C=O) groups is 2. The van der Waals surface area contributed by atoms with Crippen LogP contribution in [0.2, 0.25) is 0 Å². The molecule has 0 fully saturated rings. The summed E-state index contributed by atoms with van der Waals surface area (Å²) in [6.07, 6.45) is 0.496. The second kappa shape index (κ2) is 7.53. The summed E-state index contributed by atoms with van der Waals surface area (Å²) in [5.74, 6) is -0.549. The molecule has 0 saturated carbocycles. The normalized spacial score (nSPS) is 11.8. The first-order valence-electron chi connectivity index (χ1n) is 6.66. The van der Waals surface area contributed by atoms with Crippen LogP contribution in [0.5, 0.6) is 5.75 Å². The lowest BCUT2D eigenvalue weighted by Crippen LogP contribution is -2.40. The maximum absolute atomic E-state index is 11.6. The molecule has 110 valence electrons. The van der Waals surface area contributed by atoms with Crippen LogP contribution in [0.3, 0.4) is 0 Å². The number of hydrogen-bond acceptors (Lipinski definition) is 3. The third-order valence-corrected chi connectivity index (χ3v) is 3.03. The third-order valence-electron chi connectivity index (χ3n) is 3.03. The molecule has 0 unspecified atom stereocenters. The Labute approximate surface area is 118 Å². The number of carboxylic acids is 1. The number of aliphatic carboxylic acids is 1. The van der Waals surface area contributed by atoms with Gasteiger partial charge in [0, 0.05) is 0 Å². The zero-order valence-corrected chi connectivity index (χ0v) is 12.1. The van der Waals surface area contributed by atoms with Crippen LogP contribution >= 0.6 is 0 Å². The predicted molar refractivity (Wildman–Crippen MR) is 75.9 cm³/mol. The van der Waals surface area contributed by atoms with E-state index in [0.717, 1.165) is 16.9 Å². The maximum Gasteiger partial charge on any atom is 0.326 e. The fourth-order valence-electron chi connectivity index (χ4n) is 1.88. The Kier molecular flexibility index (Phi) is 6.03. The van der Waals surface area contributed by atoms with Crippen molar-refractivity contribution in [1.29, 1.82) is 0 Å². The average Bonchev–Trinajstić information content (AvgIpc) is 2.39. The van der Waals surface area contributed by atoms with Gasteiger partial charge in [-0.2, -0.15) is 0 Å². The molecular formula is C15H21NO4. The van der Waals surface area contributed by atoms with E-state index < -0.39 is 12.0 Å². The van der Waals surface area contributed by atoms with Gasteiger partial charge in [0.05, 0.1) is 13.0 Å². The Bertz CT molecular complexity index is 465. The summed E-state index contributed by atoms with van der Waals surface area (Å²) in [5, 5.41) is 11.3. The number of carboxylic acid groups (broad SMARTS) is 1. The van der Waals surface area contributed by atoms with Crippen molar-refractivity contribution in [2.45, 2.75) is 39.7 Å². The fourth-order valence-corrected chi connectivity index (χ4v) is 1.88. The lowest BCUT2D eigenvalue weighted by atomic mass is 10.1. The van der Waals surface area contributed by atoms with Gasteiger partial charge in [0.2, 0.25) is 5.91 Å². The Balaban J connectivity index is 2.44. The van der Waals surface area contributed by atoms with Gasteiger partial charge in [-0.15, -0.1) is 0 Å². The van der Waals surface area contributed by atoms with Gasteiger partial charge in [0.25, 0.3) is 0 Å². The number of rotatable bonds is 7. The highest BCUT2D eigenvalue weighted by Crippen LogP contribution is 2.22. The molecule has 0 aliphatic rings. The standard InChI is InChI=1S/C15H21NO4/c1-4-12(15(18)19)16-13(17)8-9-20-14-10(2)6-5-7-11(14)3/h5-7,12H,4,8-9H2,1-3H3,(H,16,17)(H,18,19)/t12-/m1/s1. The number of nitrogens with one attached hydrogen (secondary N) is 1. The van der Waals surface area contributed by atoms with Gasteiger partial charge in [-0.05, 0) is 31.4 Å². The van der Waals surface area contributed by atoms with E-state index in [0.29, 0.717) is 6.42 Å². The van der Waals surface area contributed by atoms with E-state index in [4.69, 9.17) is 9.84 Å². The topological polar surface area (TPSA) is 75.6 Å². The van der Waals surface area contributed by atoms with Gasteiger partial charge in [-0.1, -0.05) is 25.1 Å². The van der Waals surface area contributed by atoms with Crippen molar-refractivity contribution in [3.05, 3.63) is 29.3 Å². The average molecular weight is 279 g/mol. The molecule has 20 heavy (non-hydrogen) atoms. The molecule has 1 aromatic carbocycles. The minimum Gasteiger partial charge on any atom is -0.493 e. The number of benzene rings is 1. The van der Waals surface area contributed by atoms with E-state index >= 15 is 0 Å². The number of para-hydroxylation sites is 1. The van der Waals surface area contributed by atoms with Crippen LogP contribution in [-0.2, 0) is 9.59 Å². The summed E-state index contributed by atoms with van der Waals surface area (Å²) < 4.78 is 5.61. The number of aryl methyl sites for hydroxylation is 2. The molecule has 5 nitrogen and oxygen atoms in total. The van der Waals surface area contributed by atoms with Crippen molar-refractivity contribution >= 4 is 11.9 Å². The minimum absolute atomic E-state index is 0.136. The molecule has 0 heterocycles. The number of hydrogen-bond donors (Lipinski definition) is 2. The number of amides is 1. The molecule has 0 saturated heterocycles. The van der Waals surface area contributed by atoms with Crippen LogP contribution in [0.4, 0.5) is 0 Å². The summed E-state index contributed by atoms with van der Waals surface area (Å²) in [4.78, 5) is 22.4. The van der Waals surface area contributed by atoms with Gasteiger partial charge in [-0.25, -0.2) is 4.79 Å². The lowest BCUT2D eigenvalue weighted by molar-refractivity contribution is -0.142. The Morgan fingerprint density at radius 1 is 1.30 bits per heavy atom. The number of ether oxygens (including phenoxy) is 1. The first kappa shape index (κ1) is 16.0. The fraction of sp³-hybridized carbons (Fsp3) is 0.467. The molecule has 0 radical (unpaired) electrons. The summed E-state index contributed by atoms with van der Waals surface area (Å²) in [6, 6.07) is 5.01. The minimum atomic E-state index is -1.02. The molecule has 0 aromatic heterocycles. The molecule has 0 bridgehead atoms. The third kappa shape index (κ3) is 4.57. The van der Waals surface area contributed by atoms with Crippen molar-refractivity contribution in [3.63, 3.8) is 0 Å². The second-order valence-corrected chi connectivity index (χ2v) is 4.69. The molecule has 0 spiro atoms. The van der Waals surface area contributed by atoms with E-state index in [-0.39, 0.29) is 18.9 Å². The van der Waals surface area contributed by atoms with Crippen LogP contribution in [0.1, 0.15) is 30.9 Å². The highest BCUT2D eigenvalue weighted by Gasteiger charge is 2.17. The van der Waals surface area contributed by atoms with E-state index in [2.05, 4.69) is 5.32 Å². The molecule has 2 N–H and O–H groups in total.